The first-order valence-corrected chi connectivity index (χ1v) is 9.47. The van der Waals surface area contributed by atoms with Crippen LogP contribution < -0.4 is 10.6 Å². The molecule has 3 amide bonds. The minimum atomic E-state index is -0.700. The first-order valence-electron chi connectivity index (χ1n) is 8.72. The number of carbonyl (C=O) groups excluding carboxylic acids is 3. The number of rotatable bonds is 4. The van der Waals surface area contributed by atoms with E-state index in [-0.39, 0.29) is 18.7 Å². The Kier molecular flexibility index (Phi) is 5.17. The van der Waals surface area contributed by atoms with Crippen LogP contribution in [0.2, 0.25) is 10.0 Å². The molecule has 2 aliphatic rings. The van der Waals surface area contributed by atoms with Crippen molar-refractivity contribution in [1.82, 2.24) is 10.2 Å². The Morgan fingerprint density at radius 2 is 1.97 bits per heavy atom. The van der Waals surface area contributed by atoms with Gasteiger partial charge in [0, 0.05) is 5.02 Å². The van der Waals surface area contributed by atoms with Gasteiger partial charge in [-0.2, -0.15) is 0 Å². The highest BCUT2D eigenvalue weighted by molar-refractivity contribution is 6.33. The van der Waals surface area contributed by atoms with E-state index in [1.165, 1.54) is 4.90 Å². The Morgan fingerprint density at radius 3 is 2.72 bits per heavy atom. The first kappa shape index (κ1) is 19.3. The van der Waals surface area contributed by atoms with Gasteiger partial charge in [0.05, 0.1) is 28.0 Å². The molecule has 9 heteroatoms. The van der Waals surface area contributed by atoms with E-state index in [0.29, 0.717) is 27.0 Å². The van der Waals surface area contributed by atoms with Crippen LogP contribution >= 0.6 is 23.2 Å². The SMILES string of the molecule is O=C(CN1C(=O)NC(c2cccc(Cl)c2)C2=C1COC2=O)Nc1ccccc1Cl. The second-order valence-electron chi connectivity index (χ2n) is 6.49. The van der Waals surface area contributed by atoms with Gasteiger partial charge in [-0.25, -0.2) is 9.59 Å². The zero-order valence-electron chi connectivity index (χ0n) is 14.9. The lowest BCUT2D eigenvalue weighted by Crippen LogP contribution is -2.49. The first-order chi connectivity index (χ1) is 13.9. The Labute approximate surface area is 176 Å². The number of nitrogens with zero attached hydrogens (tertiary/aromatic N) is 1. The molecule has 2 N–H and O–H groups in total. The lowest BCUT2D eigenvalue weighted by molar-refractivity contribution is -0.136. The standard InChI is InChI=1S/C20H15Cl2N3O4/c21-12-5-3-4-11(8-12)18-17-15(10-29-19(17)27)25(20(28)24-18)9-16(26)23-14-7-2-1-6-13(14)22/h1-8,18H,9-10H2,(H,23,26)(H,24,28). The number of nitrogens with one attached hydrogen (secondary N) is 2. The number of carbonyl (C=O) groups is 3. The van der Waals surface area contributed by atoms with Crippen LogP contribution in [0.1, 0.15) is 11.6 Å². The molecule has 148 valence electrons. The molecule has 4 rings (SSSR count). The van der Waals surface area contributed by atoms with Gasteiger partial charge >= 0.3 is 12.0 Å². The van der Waals surface area contributed by atoms with Crippen LogP contribution in [0.25, 0.3) is 0 Å². The number of amides is 3. The monoisotopic (exact) mass is 431 g/mol. The molecule has 2 aromatic carbocycles. The van der Waals surface area contributed by atoms with Gasteiger partial charge in [-0.05, 0) is 29.8 Å². The third-order valence-electron chi connectivity index (χ3n) is 4.63. The molecule has 0 saturated carbocycles. The molecular formula is C20H15Cl2N3O4. The van der Waals surface area contributed by atoms with Crippen molar-refractivity contribution in [3.63, 3.8) is 0 Å². The Balaban J connectivity index is 1.61. The molecule has 0 spiro atoms. The number of hydrogen-bond donors (Lipinski definition) is 2. The number of hydrogen-bond acceptors (Lipinski definition) is 4. The minimum absolute atomic E-state index is 0.0853. The predicted molar refractivity (Wildman–Crippen MR) is 107 cm³/mol. The number of halogens is 2. The zero-order chi connectivity index (χ0) is 20.5. The fraction of sp³-hybridized carbons (Fsp3) is 0.150. The quantitative estimate of drug-likeness (QED) is 0.724. The molecule has 0 saturated heterocycles. The van der Waals surface area contributed by atoms with E-state index in [1.54, 1.807) is 48.5 Å². The molecule has 2 aliphatic heterocycles. The predicted octanol–water partition coefficient (Wildman–Crippen LogP) is 3.51. The number of ether oxygens (including phenoxy) is 1. The maximum absolute atomic E-state index is 12.7. The summed E-state index contributed by atoms with van der Waals surface area (Å²) in [6.45, 7) is -0.382. The van der Waals surface area contributed by atoms with E-state index >= 15 is 0 Å². The number of urea groups is 1. The minimum Gasteiger partial charge on any atom is -0.456 e. The highest BCUT2D eigenvalue weighted by Crippen LogP contribution is 2.35. The number of cyclic esters (lactones) is 1. The Bertz CT molecular complexity index is 1050. The summed E-state index contributed by atoms with van der Waals surface area (Å²) in [5.41, 5.74) is 1.73. The molecule has 1 unspecified atom stereocenters. The second-order valence-corrected chi connectivity index (χ2v) is 7.33. The number of anilines is 1. The molecule has 0 aliphatic carbocycles. The van der Waals surface area contributed by atoms with E-state index in [4.69, 9.17) is 27.9 Å². The van der Waals surface area contributed by atoms with Gasteiger partial charge < -0.3 is 15.4 Å². The molecule has 1 atom stereocenters. The zero-order valence-corrected chi connectivity index (χ0v) is 16.5. The highest BCUT2D eigenvalue weighted by Gasteiger charge is 2.42. The normalized spacial score (nSPS) is 18.3. The van der Waals surface area contributed by atoms with Crippen LogP contribution in [0.3, 0.4) is 0 Å². The van der Waals surface area contributed by atoms with Gasteiger partial charge in [-0.15, -0.1) is 0 Å². The molecule has 0 fully saturated rings. The summed E-state index contributed by atoms with van der Waals surface area (Å²) in [4.78, 5) is 38.8. The molecule has 29 heavy (non-hydrogen) atoms. The van der Waals surface area contributed by atoms with Gasteiger partial charge in [0.15, 0.2) is 0 Å². The summed E-state index contributed by atoms with van der Waals surface area (Å²) in [5.74, 6) is -0.998. The topological polar surface area (TPSA) is 87.7 Å². The van der Waals surface area contributed by atoms with Crippen LogP contribution in [0, 0.1) is 0 Å². The van der Waals surface area contributed by atoms with Gasteiger partial charge in [0.1, 0.15) is 13.2 Å². The van der Waals surface area contributed by atoms with Crippen LogP contribution in [0.15, 0.2) is 59.8 Å². The average Bonchev–Trinajstić information content (AvgIpc) is 3.07. The van der Waals surface area contributed by atoms with Crippen LogP contribution in [0.4, 0.5) is 10.5 Å². The van der Waals surface area contributed by atoms with Crippen LogP contribution in [0.5, 0.6) is 0 Å². The van der Waals surface area contributed by atoms with Crippen LogP contribution in [-0.4, -0.2) is 36.0 Å². The summed E-state index contributed by atoms with van der Waals surface area (Å²) in [7, 11) is 0. The summed E-state index contributed by atoms with van der Waals surface area (Å²) < 4.78 is 5.15. The lowest BCUT2D eigenvalue weighted by Gasteiger charge is -2.32. The van der Waals surface area contributed by atoms with Crippen molar-refractivity contribution in [1.29, 1.82) is 0 Å². The second kappa shape index (κ2) is 7.77. The molecule has 2 heterocycles. The molecule has 0 aromatic heterocycles. The third kappa shape index (κ3) is 3.79. The molecule has 0 radical (unpaired) electrons. The van der Waals surface area contributed by atoms with E-state index < -0.39 is 23.9 Å². The summed E-state index contributed by atoms with van der Waals surface area (Å²) in [6.07, 6.45) is 0. The van der Waals surface area contributed by atoms with E-state index in [2.05, 4.69) is 10.6 Å². The molecule has 2 aromatic rings. The van der Waals surface area contributed by atoms with Crippen LogP contribution in [-0.2, 0) is 14.3 Å². The summed E-state index contributed by atoms with van der Waals surface area (Å²) >= 11 is 12.1. The van der Waals surface area contributed by atoms with E-state index in [1.807, 2.05) is 0 Å². The third-order valence-corrected chi connectivity index (χ3v) is 5.19. The van der Waals surface area contributed by atoms with Gasteiger partial charge in [0.25, 0.3) is 0 Å². The van der Waals surface area contributed by atoms with E-state index in [0.717, 1.165) is 0 Å². The fourth-order valence-electron chi connectivity index (χ4n) is 3.31. The van der Waals surface area contributed by atoms with Crippen molar-refractivity contribution in [2.45, 2.75) is 6.04 Å². The van der Waals surface area contributed by atoms with Gasteiger partial charge in [0.2, 0.25) is 5.91 Å². The molecule has 0 bridgehead atoms. The van der Waals surface area contributed by atoms with Crippen molar-refractivity contribution in [3.05, 3.63) is 75.4 Å². The van der Waals surface area contributed by atoms with E-state index in [9.17, 15) is 14.4 Å². The average molecular weight is 432 g/mol. The lowest BCUT2D eigenvalue weighted by atomic mass is 9.96. The van der Waals surface area contributed by atoms with Crippen molar-refractivity contribution < 1.29 is 19.1 Å². The summed E-state index contributed by atoms with van der Waals surface area (Å²) in [6, 6.07) is 12.4. The number of para-hydroxylation sites is 1. The maximum Gasteiger partial charge on any atom is 0.338 e. The smallest absolute Gasteiger partial charge is 0.338 e. The van der Waals surface area contributed by atoms with Gasteiger partial charge in [-0.3, -0.25) is 9.69 Å². The van der Waals surface area contributed by atoms with Crippen molar-refractivity contribution >= 4 is 46.8 Å². The maximum atomic E-state index is 12.7. The molecule has 7 nitrogen and oxygen atoms in total. The fourth-order valence-corrected chi connectivity index (χ4v) is 3.69. The Hall–Kier alpha value is -3.03. The van der Waals surface area contributed by atoms with Crippen molar-refractivity contribution in [2.75, 3.05) is 18.5 Å². The van der Waals surface area contributed by atoms with Crippen molar-refractivity contribution in [2.24, 2.45) is 0 Å². The highest BCUT2D eigenvalue weighted by atomic mass is 35.5. The largest absolute Gasteiger partial charge is 0.456 e. The number of benzene rings is 2. The Morgan fingerprint density at radius 1 is 1.17 bits per heavy atom. The van der Waals surface area contributed by atoms with Gasteiger partial charge in [-0.1, -0.05) is 47.5 Å². The molecular weight excluding hydrogens is 417 g/mol. The van der Waals surface area contributed by atoms with Crippen molar-refractivity contribution in [3.8, 4) is 0 Å². The number of esters is 1. The summed E-state index contributed by atoms with van der Waals surface area (Å²) in [5, 5.41) is 6.27.